The van der Waals surface area contributed by atoms with Gasteiger partial charge < -0.3 is 9.73 Å². The fraction of sp³-hybridized carbons (Fsp3) is 0.545. The molecule has 1 saturated heterocycles. The topological polar surface area (TPSA) is 42.2 Å². The van der Waals surface area contributed by atoms with Crippen LogP contribution in [-0.2, 0) is 0 Å². The Labute approximate surface area is 83.5 Å². The highest BCUT2D eigenvalue weighted by Gasteiger charge is 2.24. The molecular formula is C11H15NO2. The van der Waals surface area contributed by atoms with E-state index in [9.17, 15) is 4.79 Å². The van der Waals surface area contributed by atoms with E-state index in [2.05, 4.69) is 5.32 Å². The van der Waals surface area contributed by atoms with Crippen molar-refractivity contribution in [2.24, 2.45) is 5.92 Å². The van der Waals surface area contributed by atoms with Crippen LogP contribution in [0.25, 0.3) is 0 Å². The normalized spacial score (nSPS) is 18.4. The number of hydrogen-bond donors (Lipinski definition) is 1. The smallest absolute Gasteiger partial charge is 0.201 e. The van der Waals surface area contributed by atoms with E-state index in [1.54, 1.807) is 6.07 Å². The van der Waals surface area contributed by atoms with E-state index in [4.69, 9.17) is 4.42 Å². The van der Waals surface area contributed by atoms with E-state index in [-0.39, 0.29) is 11.7 Å². The van der Waals surface area contributed by atoms with Crippen molar-refractivity contribution < 1.29 is 9.21 Å². The van der Waals surface area contributed by atoms with E-state index in [1.165, 1.54) is 0 Å². The minimum Gasteiger partial charge on any atom is -0.458 e. The minimum absolute atomic E-state index is 0.154. The molecule has 0 aliphatic carbocycles. The maximum atomic E-state index is 11.9. The largest absolute Gasteiger partial charge is 0.458 e. The Hall–Kier alpha value is -1.09. The monoisotopic (exact) mass is 193 g/mol. The summed E-state index contributed by atoms with van der Waals surface area (Å²) in [7, 11) is 0. The highest BCUT2D eigenvalue weighted by molar-refractivity contribution is 5.95. The third-order valence-corrected chi connectivity index (χ3v) is 2.69. The highest BCUT2D eigenvalue weighted by atomic mass is 16.3. The van der Waals surface area contributed by atoms with Gasteiger partial charge in [0.2, 0.25) is 5.78 Å². The zero-order chi connectivity index (χ0) is 9.97. The second kappa shape index (κ2) is 3.96. The molecule has 14 heavy (non-hydrogen) atoms. The molecule has 0 spiro atoms. The van der Waals surface area contributed by atoms with Gasteiger partial charge in [-0.1, -0.05) is 0 Å². The molecule has 0 atom stereocenters. The molecular weight excluding hydrogens is 178 g/mol. The van der Waals surface area contributed by atoms with Gasteiger partial charge >= 0.3 is 0 Å². The number of rotatable bonds is 2. The first-order valence-corrected chi connectivity index (χ1v) is 5.09. The number of nitrogens with one attached hydrogen (secondary N) is 1. The molecule has 1 aliphatic heterocycles. The molecule has 1 aliphatic rings. The first kappa shape index (κ1) is 9.46. The van der Waals surface area contributed by atoms with Gasteiger partial charge in [0.25, 0.3) is 0 Å². The van der Waals surface area contributed by atoms with Crippen LogP contribution in [0.5, 0.6) is 0 Å². The van der Waals surface area contributed by atoms with Crippen LogP contribution < -0.4 is 5.32 Å². The molecule has 1 fully saturated rings. The Bertz CT molecular complexity index is 324. The SMILES string of the molecule is Cc1ccc(C(=O)C2CCNCC2)o1. The van der Waals surface area contributed by atoms with Crippen LogP contribution in [-0.4, -0.2) is 18.9 Å². The number of ketones is 1. The van der Waals surface area contributed by atoms with Crippen molar-refractivity contribution in [1.82, 2.24) is 5.32 Å². The summed E-state index contributed by atoms with van der Waals surface area (Å²) in [6, 6.07) is 3.62. The highest BCUT2D eigenvalue weighted by Crippen LogP contribution is 2.19. The molecule has 76 valence electrons. The van der Waals surface area contributed by atoms with Crippen LogP contribution in [0.4, 0.5) is 0 Å². The Morgan fingerprint density at radius 1 is 1.43 bits per heavy atom. The summed E-state index contributed by atoms with van der Waals surface area (Å²) in [6.45, 7) is 3.74. The van der Waals surface area contributed by atoms with Crippen molar-refractivity contribution in [3.05, 3.63) is 23.7 Å². The molecule has 1 aromatic rings. The van der Waals surface area contributed by atoms with Crippen molar-refractivity contribution in [3.63, 3.8) is 0 Å². The number of carbonyl (C=O) groups is 1. The Balaban J connectivity index is 2.07. The molecule has 0 bridgehead atoms. The zero-order valence-corrected chi connectivity index (χ0v) is 8.38. The third kappa shape index (κ3) is 1.87. The van der Waals surface area contributed by atoms with Gasteiger partial charge in [0.05, 0.1) is 0 Å². The van der Waals surface area contributed by atoms with Gasteiger partial charge in [-0.3, -0.25) is 4.79 Å². The van der Waals surface area contributed by atoms with Crippen molar-refractivity contribution >= 4 is 5.78 Å². The van der Waals surface area contributed by atoms with Gasteiger partial charge in [-0.2, -0.15) is 0 Å². The van der Waals surface area contributed by atoms with E-state index >= 15 is 0 Å². The number of piperidine rings is 1. The number of Topliss-reactive ketones (excluding diaryl/α,β-unsaturated/α-hetero) is 1. The van der Waals surface area contributed by atoms with E-state index in [1.807, 2.05) is 13.0 Å². The second-order valence-electron chi connectivity index (χ2n) is 3.80. The van der Waals surface area contributed by atoms with E-state index < -0.39 is 0 Å². The lowest BCUT2D eigenvalue weighted by Gasteiger charge is -2.20. The fourth-order valence-electron chi connectivity index (χ4n) is 1.85. The Morgan fingerprint density at radius 2 is 2.14 bits per heavy atom. The standard InChI is InChI=1S/C11H15NO2/c1-8-2-3-10(14-8)11(13)9-4-6-12-7-5-9/h2-3,9,12H,4-7H2,1H3. The van der Waals surface area contributed by atoms with Crippen molar-refractivity contribution in [2.75, 3.05) is 13.1 Å². The molecule has 1 aromatic heterocycles. The summed E-state index contributed by atoms with van der Waals surface area (Å²) in [5.74, 6) is 1.65. The van der Waals surface area contributed by atoms with Crippen LogP contribution in [0.2, 0.25) is 0 Å². The van der Waals surface area contributed by atoms with Crippen molar-refractivity contribution in [2.45, 2.75) is 19.8 Å². The summed E-state index contributed by atoms with van der Waals surface area (Å²) in [6.07, 6.45) is 1.86. The van der Waals surface area contributed by atoms with E-state index in [0.29, 0.717) is 5.76 Å². The lowest BCUT2D eigenvalue weighted by Crippen LogP contribution is -2.31. The maximum absolute atomic E-state index is 11.9. The minimum atomic E-state index is 0.154. The molecule has 0 radical (unpaired) electrons. The fourth-order valence-corrected chi connectivity index (χ4v) is 1.85. The van der Waals surface area contributed by atoms with Crippen molar-refractivity contribution in [1.29, 1.82) is 0 Å². The maximum Gasteiger partial charge on any atom is 0.201 e. The van der Waals surface area contributed by atoms with Crippen LogP contribution >= 0.6 is 0 Å². The van der Waals surface area contributed by atoms with Crippen LogP contribution in [0.3, 0.4) is 0 Å². The van der Waals surface area contributed by atoms with Gasteiger partial charge in [0.15, 0.2) is 5.76 Å². The number of furan rings is 1. The summed E-state index contributed by atoms with van der Waals surface area (Å²) in [5.41, 5.74) is 0. The second-order valence-corrected chi connectivity index (χ2v) is 3.80. The van der Waals surface area contributed by atoms with Crippen LogP contribution in [0, 0.1) is 12.8 Å². The summed E-state index contributed by atoms with van der Waals surface area (Å²) in [4.78, 5) is 11.9. The van der Waals surface area contributed by atoms with Gasteiger partial charge in [-0.05, 0) is 45.0 Å². The number of carbonyl (C=O) groups excluding carboxylic acids is 1. The molecule has 2 rings (SSSR count). The average Bonchev–Trinajstić information content (AvgIpc) is 2.65. The lowest BCUT2D eigenvalue weighted by atomic mass is 9.92. The lowest BCUT2D eigenvalue weighted by molar-refractivity contribution is 0.0865. The average molecular weight is 193 g/mol. The van der Waals surface area contributed by atoms with Gasteiger partial charge in [0, 0.05) is 5.92 Å². The van der Waals surface area contributed by atoms with Crippen LogP contribution in [0.1, 0.15) is 29.2 Å². The molecule has 0 saturated carbocycles. The van der Waals surface area contributed by atoms with Gasteiger partial charge in [0.1, 0.15) is 5.76 Å². The van der Waals surface area contributed by atoms with Gasteiger partial charge in [-0.25, -0.2) is 0 Å². The number of hydrogen-bond acceptors (Lipinski definition) is 3. The third-order valence-electron chi connectivity index (χ3n) is 2.69. The Morgan fingerprint density at radius 3 is 2.71 bits per heavy atom. The quantitative estimate of drug-likeness (QED) is 0.728. The first-order valence-electron chi connectivity index (χ1n) is 5.09. The number of aryl methyl sites for hydroxylation is 1. The summed E-state index contributed by atoms with van der Waals surface area (Å²) >= 11 is 0. The molecule has 0 amide bonds. The molecule has 1 N–H and O–H groups in total. The van der Waals surface area contributed by atoms with Crippen molar-refractivity contribution in [3.8, 4) is 0 Å². The predicted octanol–water partition coefficient (Wildman–Crippen LogP) is 1.77. The molecule has 2 heterocycles. The van der Waals surface area contributed by atoms with Gasteiger partial charge in [-0.15, -0.1) is 0 Å². The summed E-state index contributed by atoms with van der Waals surface area (Å²) < 4.78 is 5.33. The zero-order valence-electron chi connectivity index (χ0n) is 8.38. The molecule has 3 nitrogen and oxygen atoms in total. The Kier molecular flexibility index (Phi) is 2.68. The predicted molar refractivity (Wildman–Crippen MR) is 53.4 cm³/mol. The molecule has 3 heteroatoms. The molecule has 0 aromatic carbocycles. The van der Waals surface area contributed by atoms with E-state index in [0.717, 1.165) is 31.7 Å². The first-order chi connectivity index (χ1) is 6.77. The van der Waals surface area contributed by atoms with Crippen LogP contribution in [0.15, 0.2) is 16.5 Å². The molecule has 0 unspecified atom stereocenters. The summed E-state index contributed by atoms with van der Waals surface area (Å²) in [5, 5.41) is 3.24.